The lowest BCUT2D eigenvalue weighted by Crippen LogP contribution is -1.93. The zero-order valence-corrected chi connectivity index (χ0v) is 12.0. The van der Waals surface area contributed by atoms with Crippen LogP contribution in [0.25, 0.3) is 0 Å². The van der Waals surface area contributed by atoms with Crippen LogP contribution >= 0.6 is 0 Å². The van der Waals surface area contributed by atoms with Gasteiger partial charge in [-0.1, -0.05) is 57.6 Å². The molecule has 0 aromatic carbocycles. The second-order valence-electron chi connectivity index (χ2n) is 5.02. The Balaban J connectivity index is 3.06. The second kappa shape index (κ2) is 14.3. The van der Waals surface area contributed by atoms with Crippen LogP contribution in [-0.4, -0.2) is 11.1 Å². The quantitative estimate of drug-likeness (QED) is 0.274. The summed E-state index contributed by atoms with van der Waals surface area (Å²) in [6, 6.07) is 0. The van der Waals surface area contributed by atoms with Crippen molar-refractivity contribution >= 4 is 5.97 Å². The van der Waals surface area contributed by atoms with E-state index >= 15 is 0 Å². The van der Waals surface area contributed by atoms with Crippen molar-refractivity contribution in [2.45, 2.75) is 84.0 Å². The maximum absolute atomic E-state index is 10.3. The van der Waals surface area contributed by atoms with Gasteiger partial charge in [0, 0.05) is 6.42 Å². The highest BCUT2D eigenvalue weighted by Gasteiger charge is 1.95. The topological polar surface area (TPSA) is 37.3 Å². The summed E-state index contributed by atoms with van der Waals surface area (Å²) in [6.45, 7) is 2.24. The Kier molecular flexibility index (Phi) is 13.6. The molecule has 0 aliphatic heterocycles. The van der Waals surface area contributed by atoms with Gasteiger partial charge in [-0.2, -0.15) is 0 Å². The molecule has 18 heavy (non-hydrogen) atoms. The lowest BCUT2D eigenvalue weighted by Gasteiger charge is -1.98. The molecule has 0 rings (SSSR count). The Labute approximate surface area is 112 Å². The van der Waals surface area contributed by atoms with Crippen molar-refractivity contribution in [1.29, 1.82) is 0 Å². The van der Waals surface area contributed by atoms with Gasteiger partial charge in [-0.05, 0) is 32.1 Å². The van der Waals surface area contributed by atoms with E-state index in [1.54, 1.807) is 0 Å². The predicted molar refractivity (Wildman–Crippen MR) is 77.9 cm³/mol. The van der Waals surface area contributed by atoms with Crippen molar-refractivity contribution in [3.8, 4) is 0 Å². The van der Waals surface area contributed by atoms with E-state index in [0.29, 0.717) is 6.42 Å². The first-order chi connectivity index (χ1) is 8.77. The van der Waals surface area contributed by atoms with Crippen LogP contribution in [0.4, 0.5) is 0 Å². The van der Waals surface area contributed by atoms with E-state index in [1.807, 2.05) is 0 Å². The van der Waals surface area contributed by atoms with Gasteiger partial charge in [0.25, 0.3) is 0 Å². The van der Waals surface area contributed by atoms with Crippen LogP contribution in [0, 0.1) is 0 Å². The molecule has 0 bridgehead atoms. The lowest BCUT2D eigenvalue weighted by atomic mass is 10.1. The van der Waals surface area contributed by atoms with E-state index in [0.717, 1.165) is 12.8 Å². The van der Waals surface area contributed by atoms with Crippen molar-refractivity contribution in [3.63, 3.8) is 0 Å². The zero-order valence-electron chi connectivity index (χ0n) is 12.0. The van der Waals surface area contributed by atoms with Crippen molar-refractivity contribution in [1.82, 2.24) is 0 Å². The SMILES string of the molecule is CCCCCC/C=C\CCCCCCC[13C](=O)O. The highest BCUT2D eigenvalue weighted by molar-refractivity contribution is 5.66. The summed E-state index contributed by atoms with van der Waals surface area (Å²) in [5, 5.41) is 8.48. The number of aliphatic carboxylic acids is 1. The first-order valence-corrected chi connectivity index (χ1v) is 7.64. The van der Waals surface area contributed by atoms with Gasteiger partial charge in [-0.25, -0.2) is 0 Å². The molecule has 0 atom stereocenters. The third-order valence-corrected chi connectivity index (χ3v) is 3.15. The van der Waals surface area contributed by atoms with Crippen LogP contribution in [0.1, 0.15) is 84.0 Å². The molecule has 0 amide bonds. The molecular weight excluding hydrogens is 225 g/mol. The third-order valence-electron chi connectivity index (χ3n) is 3.15. The minimum absolute atomic E-state index is 0.331. The lowest BCUT2D eigenvalue weighted by molar-refractivity contribution is -0.137. The van der Waals surface area contributed by atoms with Crippen LogP contribution in [0.5, 0.6) is 0 Å². The Morgan fingerprint density at radius 1 is 0.833 bits per heavy atom. The normalized spacial score (nSPS) is 11.2. The molecule has 1 N–H and O–H groups in total. The van der Waals surface area contributed by atoms with Crippen LogP contribution < -0.4 is 0 Å². The summed E-state index contributed by atoms with van der Waals surface area (Å²) in [7, 11) is 0. The summed E-state index contributed by atoms with van der Waals surface area (Å²) in [5.41, 5.74) is 0. The number of allylic oxidation sites excluding steroid dienone is 2. The van der Waals surface area contributed by atoms with Gasteiger partial charge in [0.1, 0.15) is 0 Å². The van der Waals surface area contributed by atoms with Crippen LogP contribution in [0.2, 0.25) is 0 Å². The van der Waals surface area contributed by atoms with Gasteiger partial charge in [0.15, 0.2) is 0 Å². The van der Waals surface area contributed by atoms with E-state index in [9.17, 15) is 4.79 Å². The molecule has 0 aliphatic rings. The zero-order chi connectivity index (χ0) is 13.5. The Bertz CT molecular complexity index is 209. The fraction of sp³-hybridized carbons (Fsp3) is 0.812. The number of hydrogen-bond donors (Lipinski definition) is 1. The molecule has 0 saturated heterocycles. The van der Waals surface area contributed by atoms with Gasteiger partial charge in [-0.15, -0.1) is 0 Å². The smallest absolute Gasteiger partial charge is 0.303 e. The molecule has 0 unspecified atom stereocenters. The first kappa shape index (κ1) is 17.2. The molecule has 0 heterocycles. The molecule has 0 fully saturated rings. The molecule has 2 nitrogen and oxygen atoms in total. The van der Waals surface area contributed by atoms with Crippen LogP contribution in [0.15, 0.2) is 12.2 Å². The van der Waals surface area contributed by atoms with Gasteiger partial charge >= 0.3 is 5.97 Å². The van der Waals surface area contributed by atoms with Gasteiger partial charge in [0.05, 0.1) is 0 Å². The third kappa shape index (κ3) is 15.2. The van der Waals surface area contributed by atoms with Gasteiger partial charge in [-0.3, -0.25) is 4.79 Å². The highest BCUT2D eigenvalue weighted by atomic mass is 16.5. The van der Waals surface area contributed by atoms with Crippen molar-refractivity contribution in [3.05, 3.63) is 12.2 Å². The van der Waals surface area contributed by atoms with Crippen molar-refractivity contribution in [2.75, 3.05) is 0 Å². The molecule has 0 radical (unpaired) electrons. The number of carboxylic acid groups (broad SMARTS) is 1. The molecule has 2 heteroatoms. The average molecular weight is 255 g/mol. The molecule has 0 aliphatic carbocycles. The molecule has 0 spiro atoms. The predicted octanol–water partition coefficient (Wildman–Crippen LogP) is 5.33. The monoisotopic (exact) mass is 255 g/mol. The van der Waals surface area contributed by atoms with Crippen LogP contribution in [0.3, 0.4) is 0 Å². The molecule has 106 valence electrons. The van der Waals surface area contributed by atoms with E-state index in [2.05, 4.69) is 19.1 Å². The Hall–Kier alpha value is -0.790. The van der Waals surface area contributed by atoms with E-state index in [-0.39, 0.29) is 0 Å². The second-order valence-corrected chi connectivity index (χ2v) is 5.02. The van der Waals surface area contributed by atoms with Gasteiger partial charge in [0.2, 0.25) is 0 Å². The minimum atomic E-state index is -0.666. The Morgan fingerprint density at radius 2 is 1.33 bits per heavy atom. The highest BCUT2D eigenvalue weighted by Crippen LogP contribution is 2.08. The summed E-state index contributed by atoms with van der Waals surface area (Å²) >= 11 is 0. The summed E-state index contributed by atoms with van der Waals surface area (Å²) in [4.78, 5) is 10.3. The minimum Gasteiger partial charge on any atom is -0.481 e. The van der Waals surface area contributed by atoms with E-state index in [1.165, 1.54) is 57.8 Å². The van der Waals surface area contributed by atoms with Crippen molar-refractivity contribution < 1.29 is 9.90 Å². The van der Waals surface area contributed by atoms with E-state index < -0.39 is 5.97 Å². The standard InChI is InChI=1S/C16H30O2/c1-2-3-4-5-6-7-8-9-10-11-12-13-14-15-16(17)18/h7-8H,2-6,9-15H2,1H3,(H,17,18)/b8-7-/i16+1. The molecular formula is C16H30O2. The summed E-state index contributed by atoms with van der Waals surface area (Å²) in [6.07, 6.45) is 18.3. The summed E-state index contributed by atoms with van der Waals surface area (Å²) < 4.78 is 0. The number of rotatable bonds is 13. The van der Waals surface area contributed by atoms with Crippen molar-refractivity contribution in [2.24, 2.45) is 0 Å². The van der Waals surface area contributed by atoms with E-state index in [4.69, 9.17) is 5.11 Å². The summed E-state index contributed by atoms with van der Waals surface area (Å²) in [5.74, 6) is -0.666. The molecule has 0 aromatic rings. The number of unbranched alkanes of at least 4 members (excludes halogenated alkanes) is 9. The molecule has 0 aromatic heterocycles. The Morgan fingerprint density at radius 3 is 1.89 bits per heavy atom. The van der Waals surface area contributed by atoms with Crippen LogP contribution in [-0.2, 0) is 4.79 Å². The number of carboxylic acids is 1. The number of hydrogen-bond acceptors (Lipinski definition) is 1. The average Bonchev–Trinajstić information content (AvgIpc) is 2.34. The number of carbonyl (C=O) groups is 1. The molecule has 0 saturated carbocycles. The first-order valence-electron chi connectivity index (χ1n) is 7.64. The van der Waals surface area contributed by atoms with Gasteiger partial charge < -0.3 is 5.11 Å². The maximum Gasteiger partial charge on any atom is 0.303 e. The largest absolute Gasteiger partial charge is 0.481 e. The fourth-order valence-corrected chi connectivity index (χ4v) is 1.99. The fourth-order valence-electron chi connectivity index (χ4n) is 1.99. The maximum atomic E-state index is 10.3.